The number of carbonyl (C=O) groups excluding carboxylic acids is 1. The summed E-state index contributed by atoms with van der Waals surface area (Å²) < 4.78 is 10.8. The number of benzene rings is 2. The van der Waals surface area contributed by atoms with Crippen LogP contribution in [0, 0.1) is 6.92 Å². The topological polar surface area (TPSA) is 63.8 Å². The second-order valence-electron chi connectivity index (χ2n) is 5.42. The monoisotopic (exact) mass is 322 g/mol. The first-order valence-electron chi connectivity index (χ1n) is 7.57. The van der Waals surface area contributed by atoms with E-state index in [1.807, 2.05) is 62.4 Å². The molecule has 24 heavy (non-hydrogen) atoms. The van der Waals surface area contributed by atoms with E-state index in [9.17, 15) is 4.79 Å². The zero-order valence-corrected chi connectivity index (χ0v) is 13.8. The Hall–Kier alpha value is -3.08. The van der Waals surface area contributed by atoms with Gasteiger partial charge in [-0.05, 0) is 49.7 Å². The van der Waals surface area contributed by atoms with E-state index in [2.05, 4.69) is 10.5 Å². The van der Waals surface area contributed by atoms with Crippen LogP contribution in [-0.2, 0) is 0 Å². The summed E-state index contributed by atoms with van der Waals surface area (Å²) in [7, 11) is 1.62. The van der Waals surface area contributed by atoms with Crippen molar-refractivity contribution in [3.63, 3.8) is 0 Å². The van der Waals surface area contributed by atoms with E-state index in [-0.39, 0.29) is 11.7 Å². The van der Waals surface area contributed by atoms with Crippen LogP contribution >= 0.6 is 0 Å². The van der Waals surface area contributed by atoms with Gasteiger partial charge in [0, 0.05) is 10.9 Å². The zero-order chi connectivity index (χ0) is 17.1. The van der Waals surface area contributed by atoms with E-state index in [4.69, 9.17) is 9.15 Å². The van der Waals surface area contributed by atoms with Crippen LogP contribution in [0.4, 0.5) is 0 Å². The normalized spacial score (nSPS) is 11.5. The summed E-state index contributed by atoms with van der Waals surface area (Å²) in [4.78, 5) is 12.3. The maximum absolute atomic E-state index is 12.3. The largest absolute Gasteiger partial charge is 0.497 e. The SMILES string of the molecule is COc1ccc(/C(C)=N/NC(=O)c2oc3ccccc3c2C)cc1. The van der Waals surface area contributed by atoms with Crippen LogP contribution in [0.1, 0.15) is 28.6 Å². The highest BCUT2D eigenvalue weighted by atomic mass is 16.5. The summed E-state index contributed by atoms with van der Waals surface area (Å²) in [5.74, 6) is 0.688. The summed E-state index contributed by atoms with van der Waals surface area (Å²) in [6.07, 6.45) is 0. The number of nitrogens with zero attached hydrogens (tertiary/aromatic N) is 1. The van der Waals surface area contributed by atoms with E-state index >= 15 is 0 Å². The van der Waals surface area contributed by atoms with Crippen molar-refractivity contribution in [1.29, 1.82) is 0 Å². The van der Waals surface area contributed by atoms with E-state index < -0.39 is 0 Å². The third kappa shape index (κ3) is 3.01. The van der Waals surface area contributed by atoms with Gasteiger partial charge in [-0.3, -0.25) is 4.79 Å². The van der Waals surface area contributed by atoms with E-state index in [0.717, 1.165) is 22.3 Å². The van der Waals surface area contributed by atoms with Gasteiger partial charge in [-0.2, -0.15) is 5.10 Å². The molecule has 1 N–H and O–H groups in total. The Morgan fingerprint density at radius 2 is 1.83 bits per heavy atom. The van der Waals surface area contributed by atoms with Gasteiger partial charge in [0.1, 0.15) is 11.3 Å². The lowest BCUT2D eigenvalue weighted by Gasteiger charge is -2.04. The quantitative estimate of drug-likeness (QED) is 0.585. The van der Waals surface area contributed by atoms with E-state index in [0.29, 0.717) is 11.3 Å². The number of furan rings is 1. The van der Waals surface area contributed by atoms with Gasteiger partial charge in [-0.1, -0.05) is 18.2 Å². The Kier molecular flexibility index (Phi) is 4.33. The predicted molar refractivity (Wildman–Crippen MR) is 93.6 cm³/mol. The molecule has 5 nitrogen and oxygen atoms in total. The number of methoxy groups -OCH3 is 1. The molecule has 0 bridgehead atoms. The van der Waals surface area contributed by atoms with Crippen molar-refractivity contribution in [3.05, 3.63) is 65.4 Å². The lowest BCUT2D eigenvalue weighted by Crippen LogP contribution is -2.19. The number of rotatable bonds is 4. The standard InChI is InChI=1S/C19H18N2O3/c1-12-16-6-4-5-7-17(16)24-18(12)19(22)21-20-13(2)14-8-10-15(23-3)11-9-14/h4-11H,1-3H3,(H,21,22)/b20-13+. The molecule has 0 atom stereocenters. The Balaban J connectivity index is 1.79. The molecule has 3 aromatic rings. The van der Waals surface area contributed by atoms with Crippen molar-refractivity contribution in [1.82, 2.24) is 5.43 Å². The molecule has 0 aliphatic heterocycles. The summed E-state index contributed by atoms with van der Waals surface area (Å²) in [5, 5.41) is 5.08. The molecule has 0 saturated carbocycles. The van der Waals surface area contributed by atoms with E-state index in [1.54, 1.807) is 7.11 Å². The van der Waals surface area contributed by atoms with Crippen LogP contribution in [-0.4, -0.2) is 18.7 Å². The smallest absolute Gasteiger partial charge is 0.307 e. The Morgan fingerprint density at radius 3 is 2.50 bits per heavy atom. The number of nitrogens with one attached hydrogen (secondary N) is 1. The second-order valence-corrected chi connectivity index (χ2v) is 5.42. The highest BCUT2D eigenvalue weighted by molar-refractivity contribution is 6.02. The molecule has 0 radical (unpaired) electrons. The maximum Gasteiger partial charge on any atom is 0.307 e. The molecular formula is C19H18N2O3. The summed E-state index contributed by atoms with van der Waals surface area (Å²) >= 11 is 0. The Labute approximate surface area is 139 Å². The molecule has 0 unspecified atom stereocenters. The van der Waals surface area contributed by atoms with Crippen molar-refractivity contribution in [2.75, 3.05) is 7.11 Å². The first kappa shape index (κ1) is 15.8. The minimum absolute atomic E-state index is 0.280. The van der Waals surface area contributed by atoms with Crippen molar-refractivity contribution < 1.29 is 13.9 Å². The molecule has 1 heterocycles. The number of hydrazone groups is 1. The molecule has 0 spiro atoms. The van der Waals surface area contributed by atoms with Gasteiger partial charge in [0.2, 0.25) is 0 Å². The van der Waals surface area contributed by atoms with Gasteiger partial charge in [-0.25, -0.2) is 5.43 Å². The fourth-order valence-corrected chi connectivity index (χ4v) is 2.47. The maximum atomic E-state index is 12.3. The third-order valence-corrected chi connectivity index (χ3v) is 3.88. The molecule has 0 saturated heterocycles. The molecular weight excluding hydrogens is 304 g/mol. The van der Waals surface area contributed by atoms with Gasteiger partial charge in [-0.15, -0.1) is 0 Å². The van der Waals surface area contributed by atoms with Gasteiger partial charge in [0.05, 0.1) is 12.8 Å². The van der Waals surface area contributed by atoms with E-state index in [1.165, 1.54) is 0 Å². The van der Waals surface area contributed by atoms with Crippen molar-refractivity contribution in [3.8, 4) is 5.75 Å². The van der Waals surface area contributed by atoms with Crippen LogP contribution < -0.4 is 10.2 Å². The Bertz CT molecular complexity index is 908. The number of aryl methyl sites for hydroxylation is 1. The molecule has 1 amide bonds. The first-order valence-corrected chi connectivity index (χ1v) is 7.57. The van der Waals surface area contributed by atoms with Gasteiger partial charge in [0.15, 0.2) is 5.76 Å². The average Bonchev–Trinajstić information content (AvgIpc) is 2.96. The van der Waals surface area contributed by atoms with Crippen LogP contribution in [0.25, 0.3) is 11.0 Å². The number of hydrogen-bond acceptors (Lipinski definition) is 4. The lowest BCUT2D eigenvalue weighted by molar-refractivity contribution is 0.0928. The van der Waals surface area contributed by atoms with Crippen LogP contribution in [0.15, 0.2) is 58.0 Å². The molecule has 5 heteroatoms. The van der Waals surface area contributed by atoms with Crippen molar-refractivity contribution >= 4 is 22.6 Å². The number of ether oxygens (including phenoxy) is 1. The average molecular weight is 322 g/mol. The summed E-state index contributed by atoms with van der Waals surface area (Å²) in [6, 6.07) is 15.0. The molecule has 1 aromatic heterocycles. The second kappa shape index (κ2) is 6.58. The molecule has 3 rings (SSSR count). The van der Waals surface area contributed by atoms with Gasteiger partial charge in [0.25, 0.3) is 0 Å². The number of amides is 1. The highest BCUT2D eigenvalue weighted by Gasteiger charge is 2.16. The number of hydrogen-bond donors (Lipinski definition) is 1. The number of fused-ring (bicyclic) bond motifs is 1. The summed E-state index contributed by atoms with van der Waals surface area (Å²) in [5.41, 5.74) is 5.64. The number of para-hydroxylation sites is 1. The minimum Gasteiger partial charge on any atom is -0.497 e. The lowest BCUT2D eigenvalue weighted by atomic mass is 10.1. The molecule has 122 valence electrons. The summed E-state index contributed by atoms with van der Waals surface area (Å²) in [6.45, 7) is 3.69. The predicted octanol–water partition coefficient (Wildman–Crippen LogP) is 3.90. The fourth-order valence-electron chi connectivity index (χ4n) is 2.47. The highest BCUT2D eigenvalue weighted by Crippen LogP contribution is 2.24. The van der Waals surface area contributed by atoms with Crippen molar-refractivity contribution in [2.45, 2.75) is 13.8 Å². The van der Waals surface area contributed by atoms with Crippen LogP contribution in [0.3, 0.4) is 0 Å². The fraction of sp³-hybridized carbons (Fsp3) is 0.158. The Morgan fingerprint density at radius 1 is 1.12 bits per heavy atom. The zero-order valence-electron chi connectivity index (χ0n) is 13.8. The first-order chi connectivity index (χ1) is 11.6. The van der Waals surface area contributed by atoms with Crippen molar-refractivity contribution in [2.24, 2.45) is 5.10 Å². The number of carbonyl (C=O) groups is 1. The third-order valence-electron chi connectivity index (χ3n) is 3.88. The van der Waals surface area contributed by atoms with Crippen LogP contribution in [0.2, 0.25) is 0 Å². The van der Waals surface area contributed by atoms with Crippen LogP contribution in [0.5, 0.6) is 5.75 Å². The molecule has 0 fully saturated rings. The van der Waals surface area contributed by atoms with Gasteiger partial charge >= 0.3 is 5.91 Å². The van der Waals surface area contributed by atoms with Gasteiger partial charge < -0.3 is 9.15 Å². The molecule has 0 aliphatic carbocycles. The molecule has 0 aliphatic rings. The molecule has 2 aromatic carbocycles. The minimum atomic E-state index is -0.364.